The van der Waals surface area contributed by atoms with Gasteiger partial charge < -0.3 is 4.98 Å². The summed E-state index contributed by atoms with van der Waals surface area (Å²) in [4.78, 5) is 8.58. The van der Waals surface area contributed by atoms with Gasteiger partial charge in [0.2, 0.25) is 0 Å². The van der Waals surface area contributed by atoms with Crippen LogP contribution in [0.1, 0.15) is 29.4 Å². The number of rotatable bonds is 1. The number of aromatic nitrogens is 1. The van der Waals surface area contributed by atoms with E-state index in [4.69, 9.17) is 0 Å². The van der Waals surface area contributed by atoms with Crippen molar-refractivity contribution in [3.63, 3.8) is 0 Å². The van der Waals surface area contributed by atoms with E-state index < -0.39 is 0 Å². The van der Waals surface area contributed by atoms with Crippen LogP contribution in [0.4, 0.5) is 0 Å². The van der Waals surface area contributed by atoms with E-state index in [9.17, 15) is 0 Å². The second-order valence-corrected chi connectivity index (χ2v) is 3.10. The minimum Gasteiger partial charge on any atom is -0.660 e. The molecule has 0 bridgehead atoms. The first-order valence-corrected chi connectivity index (χ1v) is 4.12. The molecule has 0 saturated carbocycles. The van der Waals surface area contributed by atoms with Gasteiger partial charge in [-0.15, -0.1) is 5.69 Å². The van der Waals surface area contributed by atoms with Crippen molar-refractivity contribution in [2.24, 2.45) is 4.99 Å². The molecule has 1 heterocycles. The number of hydrogen-bond acceptors (Lipinski definition) is 1. The Balaban J connectivity index is 0.00000144. The van der Waals surface area contributed by atoms with E-state index in [1.54, 1.807) is 7.05 Å². The van der Waals surface area contributed by atoms with Crippen LogP contribution in [0.2, 0.25) is 0 Å². The second kappa shape index (κ2) is 4.69. The van der Waals surface area contributed by atoms with Gasteiger partial charge in [-0.1, -0.05) is 18.1 Å². The zero-order valence-electron chi connectivity index (χ0n) is 9.39. The number of nitrogens with zero attached hydrogens (tertiary/aromatic N) is 2. The molecular formula is C10H15LiN2. The van der Waals surface area contributed by atoms with Crippen molar-refractivity contribution in [3.05, 3.63) is 22.5 Å². The van der Waals surface area contributed by atoms with Crippen LogP contribution in [-0.2, 0) is 0 Å². The zero-order valence-corrected chi connectivity index (χ0v) is 9.39. The van der Waals surface area contributed by atoms with Crippen LogP contribution in [0.3, 0.4) is 0 Å². The predicted octanol–water partition coefficient (Wildman–Crippen LogP) is -0.988. The molecule has 0 radical (unpaired) electrons. The molecule has 3 heteroatoms. The molecule has 66 valence electrons. The summed E-state index contributed by atoms with van der Waals surface area (Å²) in [6.07, 6.45) is 0. The predicted molar refractivity (Wildman–Crippen MR) is 52.1 cm³/mol. The van der Waals surface area contributed by atoms with E-state index in [1.807, 2.05) is 13.8 Å². The molecule has 0 aliphatic heterocycles. The van der Waals surface area contributed by atoms with Crippen LogP contribution in [0.15, 0.2) is 4.99 Å². The van der Waals surface area contributed by atoms with Gasteiger partial charge in [-0.25, -0.2) is 0 Å². The summed E-state index contributed by atoms with van der Waals surface area (Å²) in [5.41, 5.74) is 5.73. The normalized spacial score (nSPS) is 11.3. The largest absolute Gasteiger partial charge is 1.00 e. The number of hydrogen-bond donors (Lipinski definition) is 0. The molecule has 0 spiro atoms. The van der Waals surface area contributed by atoms with Crippen molar-refractivity contribution in [1.82, 2.24) is 4.98 Å². The van der Waals surface area contributed by atoms with Gasteiger partial charge in [0.05, 0.1) is 0 Å². The third-order valence-electron chi connectivity index (χ3n) is 2.42. The molecule has 0 amide bonds. The van der Waals surface area contributed by atoms with Gasteiger partial charge in [-0.2, -0.15) is 5.69 Å². The Morgan fingerprint density at radius 3 is 2.00 bits per heavy atom. The number of aliphatic imine (C=N–C) groups is 1. The second-order valence-electron chi connectivity index (χ2n) is 3.10. The van der Waals surface area contributed by atoms with Crippen LogP contribution < -0.4 is 23.8 Å². The molecule has 2 nitrogen and oxygen atoms in total. The quantitative estimate of drug-likeness (QED) is 0.393. The molecular weight excluding hydrogens is 155 g/mol. The van der Waals surface area contributed by atoms with Gasteiger partial charge in [0, 0.05) is 12.8 Å². The van der Waals surface area contributed by atoms with Crippen molar-refractivity contribution in [1.29, 1.82) is 0 Å². The molecule has 0 fully saturated rings. The van der Waals surface area contributed by atoms with Gasteiger partial charge >= 0.3 is 18.9 Å². The van der Waals surface area contributed by atoms with Gasteiger partial charge in [0.1, 0.15) is 0 Å². The summed E-state index contributed by atoms with van der Waals surface area (Å²) < 4.78 is 0. The molecule has 1 aromatic heterocycles. The van der Waals surface area contributed by atoms with E-state index in [1.165, 1.54) is 11.1 Å². The molecule has 0 aromatic carbocycles. The smallest absolute Gasteiger partial charge is 0.660 e. The third-order valence-corrected chi connectivity index (χ3v) is 2.42. The maximum atomic E-state index is 4.45. The molecule has 1 rings (SSSR count). The van der Waals surface area contributed by atoms with Crippen molar-refractivity contribution in [2.75, 3.05) is 7.05 Å². The molecule has 13 heavy (non-hydrogen) atoms. The fraction of sp³-hybridized carbons (Fsp3) is 0.500. The van der Waals surface area contributed by atoms with E-state index in [2.05, 4.69) is 23.8 Å². The zero-order chi connectivity index (χ0) is 9.30. The summed E-state index contributed by atoms with van der Waals surface area (Å²) in [6, 6.07) is 0. The fourth-order valence-electron chi connectivity index (χ4n) is 1.24. The Hall–Kier alpha value is -0.453. The van der Waals surface area contributed by atoms with Crippen LogP contribution in [0.25, 0.3) is 0 Å². The summed E-state index contributed by atoms with van der Waals surface area (Å²) in [7, 11) is 1.80. The monoisotopic (exact) mass is 170 g/mol. The SMILES string of the molecule is CN=C(C)c1[n-]c(C)c(C)c1C.[Li+]. The van der Waals surface area contributed by atoms with Crippen LogP contribution in [0.5, 0.6) is 0 Å². The molecule has 0 aliphatic rings. The Morgan fingerprint density at radius 1 is 1.15 bits per heavy atom. The van der Waals surface area contributed by atoms with Gasteiger partial charge in [-0.3, -0.25) is 4.99 Å². The van der Waals surface area contributed by atoms with Gasteiger partial charge in [0.25, 0.3) is 0 Å². The molecule has 0 atom stereocenters. The topological polar surface area (TPSA) is 26.5 Å². The van der Waals surface area contributed by atoms with E-state index in [0.29, 0.717) is 0 Å². The molecule has 0 saturated heterocycles. The van der Waals surface area contributed by atoms with Gasteiger partial charge in [0.15, 0.2) is 0 Å². The molecule has 0 unspecified atom stereocenters. The minimum absolute atomic E-state index is 0. The van der Waals surface area contributed by atoms with E-state index in [-0.39, 0.29) is 18.9 Å². The Bertz CT molecular complexity index is 324. The average Bonchev–Trinajstić information content (AvgIpc) is 2.32. The van der Waals surface area contributed by atoms with E-state index >= 15 is 0 Å². The molecule has 0 N–H and O–H groups in total. The molecule has 1 aromatic rings. The Labute approximate surface area is 92.0 Å². The number of aryl methyl sites for hydroxylation is 1. The van der Waals surface area contributed by atoms with Crippen molar-refractivity contribution in [3.8, 4) is 0 Å². The Kier molecular flexibility index (Phi) is 4.53. The average molecular weight is 170 g/mol. The van der Waals surface area contributed by atoms with Gasteiger partial charge in [-0.05, 0) is 20.8 Å². The Morgan fingerprint density at radius 2 is 1.69 bits per heavy atom. The fourth-order valence-corrected chi connectivity index (χ4v) is 1.24. The first kappa shape index (κ1) is 12.5. The summed E-state index contributed by atoms with van der Waals surface area (Å²) in [5, 5.41) is 0. The summed E-state index contributed by atoms with van der Waals surface area (Å²) in [6.45, 7) is 8.23. The van der Waals surface area contributed by atoms with Crippen molar-refractivity contribution in [2.45, 2.75) is 27.7 Å². The van der Waals surface area contributed by atoms with Crippen LogP contribution in [-0.4, -0.2) is 12.8 Å². The van der Waals surface area contributed by atoms with Crippen LogP contribution >= 0.6 is 0 Å². The maximum absolute atomic E-state index is 4.45. The summed E-state index contributed by atoms with van der Waals surface area (Å²) in [5.74, 6) is 0. The van der Waals surface area contributed by atoms with Crippen molar-refractivity contribution < 1.29 is 18.9 Å². The van der Waals surface area contributed by atoms with Crippen LogP contribution in [0, 0.1) is 20.8 Å². The first-order chi connectivity index (χ1) is 5.57. The maximum Gasteiger partial charge on any atom is 1.00 e. The first-order valence-electron chi connectivity index (χ1n) is 4.12. The standard InChI is InChI=1S/C10H15N2.Li/c1-6-7(2)10(9(4)11-5)12-8(6)3;/h1-5H3;/q-1;+1. The third kappa shape index (κ3) is 2.27. The van der Waals surface area contributed by atoms with E-state index in [0.717, 1.165) is 17.1 Å². The summed E-state index contributed by atoms with van der Waals surface area (Å²) >= 11 is 0. The molecule has 0 aliphatic carbocycles. The minimum atomic E-state index is 0. The van der Waals surface area contributed by atoms with Crippen molar-refractivity contribution >= 4 is 5.71 Å².